The maximum Gasteiger partial charge on any atom is 0.101 e. The summed E-state index contributed by atoms with van der Waals surface area (Å²) in [6.45, 7) is 1.99. The molecule has 0 aliphatic carbocycles. The van der Waals surface area contributed by atoms with E-state index < -0.39 is 0 Å². The molecular formula is C12H10N4. The fourth-order valence-electron chi connectivity index (χ4n) is 1.79. The molecule has 4 nitrogen and oxygen atoms in total. The molecule has 0 N–H and O–H groups in total. The minimum Gasteiger partial charge on any atom is -0.289 e. The largest absolute Gasteiger partial charge is 0.289 e. The van der Waals surface area contributed by atoms with Gasteiger partial charge in [-0.05, 0) is 25.1 Å². The predicted molar refractivity (Wildman–Crippen MR) is 61.0 cm³/mol. The van der Waals surface area contributed by atoms with Gasteiger partial charge in [-0.3, -0.25) is 9.38 Å². The van der Waals surface area contributed by atoms with Gasteiger partial charge in [0.2, 0.25) is 0 Å². The summed E-state index contributed by atoms with van der Waals surface area (Å²) in [5, 5.41) is 0. The van der Waals surface area contributed by atoms with Crippen LogP contribution in [-0.4, -0.2) is 19.4 Å². The van der Waals surface area contributed by atoms with Crippen LogP contribution in [0.25, 0.3) is 16.8 Å². The molecule has 78 valence electrons. The molecule has 3 aromatic rings. The van der Waals surface area contributed by atoms with Gasteiger partial charge in [0, 0.05) is 23.7 Å². The highest BCUT2D eigenvalue weighted by molar-refractivity contribution is 5.77. The van der Waals surface area contributed by atoms with Gasteiger partial charge in [0.1, 0.15) is 12.7 Å². The van der Waals surface area contributed by atoms with Crippen LogP contribution < -0.4 is 0 Å². The number of fused-ring (bicyclic) bond motifs is 1. The Hall–Kier alpha value is -2.23. The number of hydrogen-bond donors (Lipinski definition) is 0. The first-order valence-corrected chi connectivity index (χ1v) is 5.05. The molecule has 0 saturated carbocycles. The van der Waals surface area contributed by atoms with E-state index in [1.54, 1.807) is 25.0 Å². The van der Waals surface area contributed by atoms with Crippen LogP contribution in [0.15, 0.2) is 43.2 Å². The molecule has 3 aromatic heterocycles. The Balaban J connectivity index is 2.31. The third kappa shape index (κ3) is 1.27. The van der Waals surface area contributed by atoms with E-state index >= 15 is 0 Å². The molecule has 4 heteroatoms. The third-order valence-electron chi connectivity index (χ3n) is 2.60. The van der Waals surface area contributed by atoms with E-state index in [-0.39, 0.29) is 0 Å². The molecule has 0 aromatic carbocycles. The number of imidazole rings is 1. The highest BCUT2D eigenvalue weighted by atomic mass is 15.0. The molecular weight excluding hydrogens is 200 g/mol. The summed E-state index contributed by atoms with van der Waals surface area (Å²) in [5.74, 6) is 0. The van der Waals surface area contributed by atoms with Crippen LogP contribution in [0.1, 0.15) is 5.69 Å². The molecule has 0 unspecified atom stereocenters. The van der Waals surface area contributed by atoms with Crippen molar-refractivity contribution in [3.05, 3.63) is 48.9 Å². The second kappa shape index (κ2) is 3.41. The van der Waals surface area contributed by atoms with E-state index in [4.69, 9.17) is 0 Å². The summed E-state index contributed by atoms with van der Waals surface area (Å²) in [5.41, 5.74) is 4.05. The topological polar surface area (TPSA) is 43.1 Å². The average molecular weight is 210 g/mol. The highest BCUT2D eigenvalue weighted by Crippen LogP contribution is 2.24. The Morgan fingerprint density at radius 1 is 1.06 bits per heavy atom. The molecule has 0 saturated heterocycles. The van der Waals surface area contributed by atoms with Gasteiger partial charge in [-0.15, -0.1) is 0 Å². The summed E-state index contributed by atoms with van der Waals surface area (Å²) >= 11 is 0. The average Bonchev–Trinajstić information content (AvgIpc) is 2.74. The van der Waals surface area contributed by atoms with E-state index in [1.165, 1.54) is 0 Å². The van der Waals surface area contributed by atoms with Crippen LogP contribution in [0.3, 0.4) is 0 Å². The van der Waals surface area contributed by atoms with E-state index in [9.17, 15) is 0 Å². The zero-order valence-electron chi connectivity index (χ0n) is 8.83. The summed E-state index contributed by atoms with van der Waals surface area (Å²) in [4.78, 5) is 12.7. The Morgan fingerprint density at radius 3 is 2.88 bits per heavy atom. The number of rotatable bonds is 1. The third-order valence-corrected chi connectivity index (χ3v) is 2.60. The summed E-state index contributed by atoms with van der Waals surface area (Å²) in [7, 11) is 0. The fraction of sp³-hybridized carbons (Fsp3) is 0.0833. The van der Waals surface area contributed by atoms with Gasteiger partial charge in [0.05, 0.1) is 11.2 Å². The molecule has 0 aliphatic rings. The Labute approximate surface area is 92.6 Å². The minimum absolute atomic E-state index is 0.952. The number of pyridine rings is 1. The molecule has 0 aliphatic heterocycles. The van der Waals surface area contributed by atoms with Gasteiger partial charge in [0.15, 0.2) is 0 Å². The smallest absolute Gasteiger partial charge is 0.101 e. The molecule has 16 heavy (non-hydrogen) atoms. The normalized spacial score (nSPS) is 10.8. The van der Waals surface area contributed by atoms with E-state index in [1.807, 2.05) is 29.5 Å². The van der Waals surface area contributed by atoms with Crippen LogP contribution in [0, 0.1) is 6.92 Å². The molecule has 3 heterocycles. The fourth-order valence-corrected chi connectivity index (χ4v) is 1.79. The van der Waals surface area contributed by atoms with Crippen molar-refractivity contribution in [2.75, 3.05) is 0 Å². The molecule has 3 rings (SSSR count). The van der Waals surface area contributed by atoms with Crippen molar-refractivity contribution in [2.45, 2.75) is 6.92 Å². The first-order valence-electron chi connectivity index (χ1n) is 5.05. The highest BCUT2D eigenvalue weighted by Gasteiger charge is 2.08. The molecule has 0 bridgehead atoms. The van der Waals surface area contributed by atoms with Crippen LogP contribution in [0.2, 0.25) is 0 Å². The van der Waals surface area contributed by atoms with E-state index in [2.05, 4.69) is 15.0 Å². The van der Waals surface area contributed by atoms with Crippen molar-refractivity contribution in [3.63, 3.8) is 0 Å². The Morgan fingerprint density at radius 2 is 2.00 bits per heavy atom. The monoisotopic (exact) mass is 210 g/mol. The second-order valence-electron chi connectivity index (χ2n) is 3.60. The summed E-state index contributed by atoms with van der Waals surface area (Å²) < 4.78 is 1.90. The lowest BCUT2D eigenvalue weighted by molar-refractivity contribution is 1.07. The molecule has 0 amide bonds. The number of aromatic nitrogens is 4. The van der Waals surface area contributed by atoms with Crippen molar-refractivity contribution in [2.24, 2.45) is 0 Å². The van der Waals surface area contributed by atoms with Gasteiger partial charge in [-0.2, -0.15) is 0 Å². The van der Waals surface area contributed by atoms with Crippen LogP contribution >= 0.6 is 0 Å². The SMILES string of the molecule is Cc1ncccc1-c1ncn2cnccc12. The summed E-state index contributed by atoms with van der Waals surface area (Å²) in [6, 6.07) is 5.91. The van der Waals surface area contributed by atoms with Crippen molar-refractivity contribution in [3.8, 4) is 11.3 Å². The van der Waals surface area contributed by atoms with Gasteiger partial charge in [0.25, 0.3) is 0 Å². The van der Waals surface area contributed by atoms with Crippen molar-refractivity contribution in [1.29, 1.82) is 0 Å². The molecule has 0 radical (unpaired) electrons. The van der Waals surface area contributed by atoms with Gasteiger partial charge >= 0.3 is 0 Å². The van der Waals surface area contributed by atoms with Gasteiger partial charge in [-0.25, -0.2) is 9.97 Å². The zero-order chi connectivity index (χ0) is 11.0. The lowest BCUT2D eigenvalue weighted by Crippen LogP contribution is -1.88. The van der Waals surface area contributed by atoms with E-state index in [0.29, 0.717) is 0 Å². The van der Waals surface area contributed by atoms with E-state index in [0.717, 1.165) is 22.5 Å². The molecule has 0 fully saturated rings. The van der Waals surface area contributed by atoms with Crippen molar-refractivity contribution < 1.29 is 0 Å². The maximum atomic E-state index is 4.41. The minimum atomic E-state index is 0.952. The number of hydrogen-bond acceptors (Lipinski definition) is 3. The molecule has 0 atom stereocenters. The predicted octanol–water partition coefficient (Wildman–Crippen LogP) is 2.10. The number of aryl methyl sites for hydroxylation is 1. The Kier molecular flexibility index (Phi) is 1.93. The van der Waals surface area contributed by atoms with Crippen molar-refractivity contribution >= 4 is 5.52 Å². The first-order chi connectivity index (χ1) is 7.86. The summed E-state index contributed by atoms with van der Waals surface area (Å²) in [6.07, 6.45) is 7.08. The number of nitrogens with zero attached hydrogens (tertiary/aromatic N) is 4. The van der Waals surface area contributed by atoms with Crippen LogP contribution in [0.5, 0.6) is 0 Å². The van der Waals surface area contributed by atoms with Crippen molar-refractivity contribution in [1.82, 2.24) is 19.4 Å². The standard InChI is InChI=1S/C12H10N4/c1-9-10(3-2-5-14-9)12-11-4-6-13-7-16(11)8-15-12/h2-8H,1H3. The lowest BCUT2D eigenvalue weighted by atomic mass is 10.1. The lowest BCUT2D eigenvalue weighted by Gasteiger charge is -2.01. The Bertz CT molecular complexity index is 642. The zero-order valence-corrected chi connectivity index (χ0v) is 8.83. The quantitative estimate of drug-likeness (QED) is 0.617. The first kappa shape index (κ1) is 9.03. The van der Waals surface area contributed by atoms with Gasteiger partial charge in [-0.1, -0.05) is 0 Å². The molecule has 0 spiro atoms. The maximum absolute atomic E-state index is 4.41. The van der Waals surface area contributed by atoms with Crippen LogP contribution in [-0.2, 0) is 0 Å². The second-order valence-corrected chi connectivity index (χ2v) is 3.60. The van der Waals surface area contributed by atoms with Crippen LogP contribution in [0.4, 0.5) is 0 Å². The van der Waals surface area contributed by atoms with Gasteiger partial charge < -0.3 is 0 Å².